The summed E-state index contributed by atoms with van der Waals surface area (Å²) in [5, 5.41) is 3.34. The molecule has 1 aliphatic carbocycles. The largest absolute Gasteiger partial charge is 0.468 e. The van der Waals surface area contributed by atoms with Crippen molar-refractivity contribution in [3.05, 3.63) is 0 Å². The van der Waals surface area contributed by atoms with E-state index in [9.17, 15) is 4.79 Å². The quantitative estimate of drug-likeness (QED) is 0.672. The SMILES string of the molecule is COC(=O)C(C)(CCOC(C)C)NC1CC1. The Balaban J connectivity index is 2.44. The molecule has 4 nitrogen and oxygen atoms in total. The van der Waals surface area contributed by atoms with Crippen LogP contribution < -0.4 is 5.32 Å². The zero-order valence-corrected chi connectivity index (χ0v) is 10.7. The molecule has 0 amide bonds. The molecule has 0 spiro atoms. The maximum absolute atomic E-state index is 11.7. The minimum Gasteiger partial charge on any atom is -0.468 e. The standard InChI is InChI=1S/C12H23NO3/c1-9(2)16-8-7-12(3,11(14)15-4)13-10-5-6-10/h9-10,13H,5-8H2,1-4H3. The molecule has 94 valence electrons. The molecule has 0 heterocycles. The molecule has 0 saturated heterocycles. The summed E-state index contributed by atoms with van der Waals surface area (Å²) in [5.41, 5.74) is -0.606. The van der Waals surface area contributed by atoms with Crippen LogP contribution >= 0.6 is 0 Å². The average molecular weight is 229 g/mol. The van der Waals surface area contributed by atoms with Crippen LogP contribution in [-0.4, -0.2) is 37.4 Å². The second-order valence-corrected chi connectivity index (χ2v) is 4.91. The van der Waals surface area contributed by atoms with Gasteiger partial charge in [-0.05, 0) is 40.0 Å². The van der Waals surface area contributed by atoms with Gasteiger partial charge in [0, 0.05) is 12.6 Å². The van der Waals surface area contributed by atoms with Crippen LogP contribution in [0.5, 0.6) is 0 Å². The van der Waals surface area contributed by atoms with Gasteiger partial charge in [-0.15, -0.1) is 0 Å². The Kier molecular flexibility index (Phi) is 4.74. The molecular formula is C12H23NO3. The van der Waals surface area contributed by atoms with Crippen molar-refractivity contribution >= 4 is 5.97 Å². The third kappa shape index (κ3) is 4.10. The van der Waals surface area contributed by atoms with Gasteiger partial charge >= 0.3 is 5.97 Å². The molecule has 1 rings (SSSR count). The number of hydrogen-bond donors (Lipinski definition) is 1. The van der Waals surface area contributed by atoms with Crippen LogP contribution in [0.4, 0.5) is 0 Å². The van der Waals surface area contributed by atoms with Gasteiger partial charge in [-0.1, -0.05) is 0 Å². The van der Waals surface area contributed by atoms with Gasteiger partial charge < -0.3 is 9.47 Å². The maximum atomic E-state index is 11.7. The molecule has 0 radical (unpaired) electrons. The van der Waals surface area contributed by atoms with Gasteiger partial charge in [0.05, 0.1) is 13.2 Å². The zero-order chi connectivity index (χ0) is 12.2. The lowest BCUT2D eigenvalue weighted by Gasteiger charge is -2.28. The van der Waals surface area contributed by atoms with Gasteiger partial charge in [-0.2, -0.15) is 0 Å². The summed E-state index contributed by atoms with van der Waals surface area (Å²) in [6.45, 7) is 6.44. The predicted octanol–water partition coefficient (Wildman–Crippen LogP) is 1.49. The Labute approximate surface area is 97.7 Å². The maximum Gasteiger partial charge on any atom is 0.325 e. The molecule has 1 aliphatic rings. The first-order chi connectivity index (χ1) is 7.48. The summed E-state index contributed by atoms with van der Waals surface area (Å²) in [7, 11) is 1.43. The number of rotatable bonds is 7. The number of ether oxygens (including phenoxy) is 2. The van der Waals surface area contributed by atoms with E-state index in [1.165, 1.54) is 7.11 Å². The van der Waals surface area contributed by atoms with E-state index in [-0.39, 0.29) is 12.1 Å². The van der Waals surface area contributed by atoms with Gasteiger partial charge in [-0.3, -0.25) is 10.1 Å². The highest BCUT2D eigenvalue weighted by atomic mass is 16.5. The van der Waals surface area contributed by atoms with Crippen LogP contribution in [0.3, 0.4) is 0 Å². The Hall–Kier alpha value is -0.610. The normalized spacial score (nSPS) is 19.6. The van der Waals surface area contributed by atoms with E-state index in [0.29, 0.717) is 19.1 Å². The Bertz CT molecular complexity index is 238. The molecule has 4 heteroatoms. The molecule has 0 aromatic carbocycles. The van der Waals surface area contributed by atoms with Crippen LogP contribution in [0.25, 0.3) is 0 Å². The van der Waals surface area contributed by atoms with Crippen molar-refractivity contribution in [1.29, 1.82) is 0 Å². The first-order valence-electron chi connectivity index (χ1n) is 5.95. The Morgan fingerprint density at radius 1 is 1.50 bits per heavy atom. The van der Waals surface area contributed by atoms with Crippen LogP contribution in [0.15, 0.2) is 0 Å². The third-order valence-electron chi connectivity index (χ3n) is 2.79. The summed E-state index contributed by atoms with van der Waals surface area (Å²) in [6.07, 6.45) is 3.15. The molecule has 1 unspecified atom stereocenters. The van der Waals surface area contributed by atoms with Crippen LogP contribution in [-0.2, 0) is 14.3 Å². The molecule has 1 saturated carbocycles. The second kappa shape index (κ2) is 5.64. The first kappa shape index (κ1) is 13.5. The highest BCUT2D eigenvalue weighted by molar-refractivity contribution is 5.80. The molecule has 1 N–H and O–H groups in total. The second-order valence-electron chi connectivity index (χ2n) is 4.91. The molecule has 0 aromatic heterocycles. The summed E-state index contributed by atoms with van der Waals surface area (Å²) in [5.74, 6) is -0.202. The van der Waals surface area contributed by atoms with E-state index in [4.69, 9.17) is 9.47 Å². The minimum absolute atomic E-state index is 0.197. The highest BCUT2D eigenvalue weighted by Crippen LogP contribution is 2.24. The van der Waals surface area contributed by atoms with Crippen molar-refractivity contribution in [2.75, 3.05) is 13.7 Å². The number of methoxy groups -OCH3 is 1. The number of nitrogens with one attached hydrogen (secondary N) is 1. The van der Waals surface area contributed by atoms with E-state index in [1.807, 2.05) is 20.8 Å². The summed E-state index contributed by atoms with van der Waals surface area (Å²) in [6, 6.07) is 0.475. The monoisotopic (exact) mass is 229 g/mol. The van der Waals surface area contributed by atoms with Gasteiger partial charge in [0.2, 0.25) is 0 Å². The fourth-order valence-corrected chi connectivity index (χ4v) is 1.64. The van der Waals surface area contributed by atoms with Gasteiger partial charge in [0.15, 0.2) is 0 Å². The topological polar surface area (TPSA) is 47.6 Å². The Morgan fingerprint density at radius 3 is 2.56 bits per heavy atom. The fourth-order valence-electron chi connectivity index (χ4n) is 1.64. The molecule has 0 aliphatic heterocycles. The molecule has 0 bridgehead atoms. The van der Waals surface area contributed by atoms with Crippen molar-refractivity contribution in [2.45, 2.75) is 57.7 Å². The van der Waals surface area contributed by atoms with Gasteiger partial charge in [-0.25, -0.2) is 0 Å². The minimum atomic E-state index is -0.606. The van der Waals surface area contributed by atoms with Crippen molar-refractivity contribution in [3.8, 4) is 0 Å². The first-order valence-corrected chi connectivity index (χ1v) is 5.95. The smallest absolute Gasteiger partial charge is 0.325 e. The van der Waals surface area contributed by atoms with E-state index < -0.39 is 5.54 Å². The van der Waals surface area contributed by atoms with E-state index in [2.05, 4.69) is 5.32 Å². The zero-order valence-electron chi connectivity index (χ0n) is 10.7. The highest BCUT2D eigenvalue weighted by Gasteiger charge is 2.39. The number of esters is 1. The lowest BCUT2D eigenvalue weighted by molar-refractivity contribution is -0.149. The van der Waals surface area contributed by atoms with Crippen molar-refractivity contribution < 1.29 is 14.3 Å². The van der Waals surface area contributed by atoms with E-state index >= 15 is 0 Å². The number of carbonyl (C=O) groups is 1. The van der Waals surface area contributed by atoms with E-state index in [0.717, 1.165) is 12.8 Å². The van der Waals surface area contributed by atoms with Gasteiger partial charge in [0.25, 0.3) is 0 Å². The Morgan fingerprint density at radius 2 is 2.12 bits per heavy atom. The number of hydrogen-bond acceptors (Lipinski definition) is 4. The third-order valence-corrected chi connectivity index (χ3v) is 2.79. The summed E-state index contributed by atoms with van der Waals surface area (Å²) >= 11 is 0. The molecule has 1 fully saturated rings. The van der Waals surface area contributed by atoms with Crippen molar-refractivity contribution in [1.82, 2.24) is 5.32 Å². The van der Waals surface area contributed by atoms with Crippen molar-refractivity contribution in [3.63, 3.8) is 0 Å². The van der Waals surface area contributed by atoms with Crippen LogP contribution in [0.1, 0.15) is 40.0 Å². The van der Waals surface area contributed by atoms with Gasteiger partial charge in [0.1, 0.15) is 5.54 Å². The fraction of sp³-hybridized carbons (Fsp3) is 0.917. The van der Waals surface area contributed by atoms with E-state index in [1.54, 1.807) is 0 Å². The molecule has 0 aromatic rings. The molecular weight excluding hydrogens is 206 g/mol. The summed E-state index contributed by atoms with van der Waals surface area (Å²) < 4.78 is 10.3. The lowest BCUT2D eigenvalue weighted by Crippen LogP contribution is -2.52. The predicted molar refractivity (Wildman–Crippen MR) is 62.3 cm³/mol. The van der Waals surface area contributed by atoms with Crippen LogP contribution in [0.2, 0.25) is 0 Å². The molecule has 16 heavy (non-hydrogen) atoms. The average Bonchev–Trinajstić information content (AvgIpc) is 2.99. The lowest BCUT2D eigenvalue weighted by atomic mass is 9.98. The number of carbonyl (C=O) groups excluding carboxylic acids is 1. The summed E-state index contributed by atoms with van der Waals surface area (Å²) in [4.78, 5) is 11.7. The molecule has 1 atom stereocenters. The van der Waals surface area contributed by atoms with Crippen LogP contribution in [0, 0.1) is 0 Å². The van der Waals surface area contributed by atoms with Crippen molar-refractivity contribution in [2.24, 2.45) is 0 Å².